The molecule has 6 heteroatoms. The van der Waals surface area contributed by atoms with Crippen LogP contribution in [-0.2, 0) is 6.54 Å². The molecule has 0 bridgehead atoms. The molecule has 0 aliphatic rings. The van der Waals surface area contributed by atoms with Crippen LogP contribution in [0.2, 0.25) is 0 Å². The zero-order valence-corrected chi connectivity index (χ0v) is 12.6. The minimum atomic E-state index is -0.373. The van der Waals surface area contributed by atoms with E-state index >= 15 is 0 Å². The van der Waals surface area contributed by atoms with Crippen LogP contribution in [0.4, 0.5) is 10.1 Å². The summed E-state index contributed by atoms with van der Waals surface area (Å²) in [6.07, 6.45) is 1.29. The van der Waals surface area contributed by atoms with Crippen molar-refractivity contribution in [1.29, 1.82) is 0 Å². The zero-order chi connectivity index (χ0) is 15.9. The Hall–Kier alpha value is -2.63. The van der Waals surface area contributed by atoms with Gasteiger partial charge in [-0.15, -0.1) is 0 Å². The van der Waals surface area contributed by atoms with Gasteiger partial charge in [-0.05, 0) is 50.2 Å². The van der Waals surface area contributed by atoms with Gasteiger partial charge in [-0.1, -0.05) is 0 Å². The summed E-state index contributed by atoms with van der Waals surface area (Å²) in [5.74, 6) is 0.692. The Morgan fingerprint density at radius 2 is 2.00 bits per heavy atom. The molecular weight excluding hydrogens is 283 g/mol. The second-order valence-electron chi connectivity index (χ2n) is 4.99. The Balaban J connectivity index is 1.91. The maximum Gasteiger partial charge on any atom is 0.193 e. The molecule has 0 saturated heterocycles. The summed E-state index contributed by atoms with van der Waals surface area (Å²) in [4.78, 5) is 8.07. The van der Waals surface area contributed by atoms with Crippen molar-refractivity contribution in [2.24, 2.45) is 10.7 Å². The van der Waals surface area contributed by atoms with Crippen molar-refractivity contribution in [1.82, 2.24) is 4.98 Å². The van der Waals surface area contributed by atoms with Gasteiger partial charge in [0, 0.05) is 5.69 Å². The number of benzene rings is 1. The van der Waals surface area contributed by atoms with Crippen molar-refractivity contribution < 1.29 is 9.13 Å². The van der Waals surface area contributed by atoms with Crippen LogP contribution in [0.3, 0.4) is 0 Å². The third-order valence-corrected chi connectivity index (χ3v) is 2.70. The fraction of sp³-hybridized carbons (Fsp3) is 0.250. The van der Waals surface area contributed by atoms with E-state index < -0.39 is 0 Å². The summed E-state index contributed by atoms with van der Waals surface area (Å²) in [6.45, 7) is 4.23. The SMILES string of the molecule is CC(C)Oc1ccc(NC(N)=NCc2ccc(F)cn2)cc1. The van der Waals surface area contributed by atoms with Crippen LogP contribution < -0.4 is 15.8 Å². The molecule has 0 fully saturated rings. The normalized spacial score (nSPS) is 11.5. The van der Waals surface area contributed by atoms with E-state index in [1.807, 2.05) is 38.1 Å². The lowest BCUT2D eigenvalue weighted by Gasteiger charge is -2.10. The van der Waals surface area contributed by atoms with Crippen molar-refractivity contribution >= 4 is 11.6 Å². The number of hydrogen-bond donors (Lipinski definition) is 2. The molecule has 0 atom stereocenters. The van der Waals surface area contributed by atoms with E-state index in [1.54, 1.807) is 6.07 Å². The summed E-state index contributed by atoms with van der Waals surface area (Å²) in [7, 11) is 0. The average Bonchev–Trinajstić information content (AvgIpc) is 2.48. The summed E-state index contributed by atoms with van der Waals surface area (Å²) in [6, 6.07) is 10.3. The van der Waals surface area contributed by atoms with Crippen LogP contribution in [0.5, 0.6) is 5.75 Å². The number of halogens is 1. The van der Waals surface area contributed by atoms with Crippen molar-refractivity contribution in [2.45, 2.75) is 26.5 Å². The molecule has 0 amide bonds. The largest absolute Gasteiger partial charge is 0.491 e. The molecule has 0 aliphatic heterocycles. The Kier molecular flexibility index (Phi) is 5.30. The number of nitrogens with zero attached hydrogens (tertiary/aromatic N) is 2. The van der Waals surface area contributed by atoms with Crippen molar-refractivity contribution in [3.8, 4) is 5.75 Å². The van der Waals surface area contributed by atoms with Gasteiger partial charge < -0.3 is 15.8 Å². The molecule has 2 aromatic rings. The number of hydrogen-bond acceptors (Lipinski definition) is 3. The Bertz CT molecular complexity index is 624. The molecule has 2 rings (SSSR count). The van der Waals surface area contributed by atoms with Gasteiger partial charge in [0.05, 0.1) is 24.5 Å². The second kappa shape index (κ2) is 7.40. The van der Waals surface area contributed by atoms with Crippen LogP contribution >= 0.6 is 0 Å². The number of nitrogens with two attached hydrogens (primary N) is 1. The van der Waals surface area contributed by atoms with Gasteiger partial charge >= 0.3 is 0 Å². The average molecular weight is 302 g/mol. The van der Waals surface area contributed by atoms with Crippen molar-refractivity contribution in [3.05, 3.63) is 54.1 Å². The molecule has 0 unspecified atom stereocenters. The molecule has 0 aliphatic carbocycles. The first kappa shape index (κ1) is 15.8. The second-order valence-corrected chi connectivity index (χ2v) is 4.99. The van der Waals surface area contributed by atoms with Gasteiger partial charge in [-0.25, -0.2) is 9.38 Å². The summed E-state index contributed by atoms with van der Waals surface area (Å²) < 4.78 is 18.3. The Labute approximate surface area is 129 Å². The van der Waals surface area contributed by atoms with E-state index in [-0.39, 0.29) is 24.4 Å². The zero-order valence-electron chi connectivity index (χ0n) is 12.6. The molecule has 0 radical (unpaired) electrons. The third kappa shape index (κ3) is 5.05. The highest BCUT2D eigenvalue weighted by Gasteiger charge is 2.00. The third-order valence-electron chi connectivity index (χ3n) is 2.70. The molecule has 1 aromatic heterocycles. The predicted molar refractivity (Wildman–Crippen MR) is 85.4 cm³/mol. The first-order valence-electron chi connectivity index (χ1n) is 6.97. The molecule has 5 nitrogen and oxygen atoms in total. The van der Waals surface area contributed by atoms with Crippen LogP contribution in [-0.4, -0.2) is 17.0 Å². The number of guanidine groups is 1. The number of aliphatic imine (C=N–C) groups is 1. The van der Waals surface area contributed by atoms with Crippen LogP contribution in [0.1, 0.15) is 19.5 Å². The molecule has 22 heavy (non-hydrogen) atoms. The maximum absolute atomic E-state index is 12.7. The maximum atomic E-state index is 12.7. The lowest BCUT2D eigenvalue weighted by Crippen LogP contribution is -2.22. The van der Waals surface area contributed by atoms with E-state index in [9.17, 15) is 4.39 Å². The highest BCUT2D eigenvalue weighted by atomic mass is 19.1. The molecule has 116 valence electrons. The first-order valence-corrected chi connectivity index (χ1v) is 6.97. The fourth-order valence-corrected chi connectivity index (χ4v) is 1.74. The van der Waals surface area contributed by atoms with Gasteiger partial charge in [-0.3, -0.25) is 4.98 Å². The lowest BCUT2D eigenvalue weighted by molar-refractivity contribution is 0.242. The number of rotatable bonds is 5. The molecule has 1 heterocycles. The topological polar surface area (TPSA) is 72.5 Å². The number of ether oxygens (including phenoxy) is 1. The van der Waals surface area contributed by atoms with Gasteiger partial charge in [-0.2, -0.15) is 0 Å². The predicted octanol–water partition coefficient (Wildman–Crippen LogP) is 2.93. The highest BCUT2D eigenvalue weighted by Crippen LogP contribution is 2.16. The van der Waals surface area contributed by atoms with Gasteiger partial charge in [0.15, 0.2) is 5.96 Å². The Morgan fingerprint density at radius 1 is 1.27 bits per heavy atom. The summed E-state index contributed by atoms with van der Waals surface area (Å²) >= 11 is 0. The van der Waals surface area contributed by atoms with E-state index in [4.69, 9.17) is 10.5 Å². The number of pyridine rings is 1. The van der Waals surface area contributed by atoms with Gasteiger partial charge in [0.1, 0.15) is 11.6 Å². The van der Waals surface area contributed by atoms with Gasteiger partial charge in [0.2, 0.25) is 0 Å². The standard InChI is InChI=1S/C16H19FN4O/c1-11(2)22-15-7-5-13(6-8-15)21-16(18)20-10-14-4-3-12(17)9-19-14/h3-9,11H,10H2,1-2H3,(H3,18,20,21). The minimum absolute atomic E-state index is 0.133. The molecular formula is C16H19FN4O. The van der Waals surface area contributed by atoms with Crippen LogP contribution in [0.15, 0.2) is 47.6 Å². The van der Waals surface area contributed by atoms with Crippen molar-refractivity contribution in [2.75, 3.05) is 5.32 Å². The molecule has 0 spiro atoms. The summed E-state index contributed by atoms with van der Waals surface area (Å²) in [5, 5.41) is 2.97. The highest BCUT2D eigenvalue weighted by molar-refractivity contribution is 5.92. The van der Waals surface area contributed by atoms with E-state index in [0.717, 1.165) is 17.6 Å². The minimum Gasteiger partial charge on any atom is -0.491 e. The molecule has 1 aromatic carbocycles. The van der Waals surface area contributed by atoms with E-state index in [1.165, 1.54) is 6.07 Å². The number of aromatic nitrogens is 1. The monoisotopic (exact) mass is 302 g/mol. The number of anilines is 1. The fourth-order valence-electron chi connectivity index (χ4n) is 1.74. The van der Waals surface area contributed by atoms with Crippen LogP contribution in [0, 0.1) is 5.82 Å². The molecule has 3 N–H and O–H groups in total. The number of nitrogens with one attached hydrogen (secondary N) is 1. The smallest absolute Gasteiger partial charge is 0.193 e. The van der Waals surface area contributed by atoms with Crippen molar-refractivity contribution in [3.63, 3.8) is 0 Å². The lowest BCUT2D eigenvalue weighted by atomic mass is 10.3. The quantitative estimate of drug-likeness (QED) is 0.658. The summed E-state index contributed by atoms with van der Waals surface area (Å²) in [5.41, 5.74) is 7.26. The Morgan fingerprint density at radius 3 is 2.59 bits per heavy atom. The van der Waals surface area contributed by atoms with Crippen LogP contribution in [0.25, 0.3) is 0 Å². The van der Waals surface area contributed by atoms with E-state index in [2.05, 4.69) is 15.3 Å². The van der Waals surface area contributed by atoms with Gasteiger partial charge in [0.25, 0.3) is 0 Å². The molecule has 0 saturated carbocycles. The van der Waals surface area contributed by atoms with E-state index in [0.29, 0.717) is 5.69 Å². The first-order chi connectivity index (χ1) is 10.5.